The molecular formula is C40H74O. The highest BCUT2D eigenvalue weighted by Crippen LogP contribution is 2.33. The molecule has 1 aromatic carbocycles. The lowest BCUT2D eigenvalue weighted by atomic mass is 9.83. The van der Waals surface area contributed by atoms with Gasteiger partial charge in [0.15, 0.2) is 0 Å². The van der Waals surface area contributed by atoms with E-state index in [1.54, 1.807) is 0 Å². The van der Waals surface area contributed by atoms with Crippen molar-refractivity contribution in [2.45, 2.75) is 218 Å². The molecule has 1 atom stereocenters. The molecule has 0 aliphatic rings. The summed E-state index contributed by atoms with van der Waals surface area (Å²) in [6.45, 7) is 4.60. The van der Waals surface area contributed by atoms with Gasteiger partial charge in [-0.15, -0.1) is 0 Å². The van der Waals surface area contributed by atoms with Crippen molar-refractivity contribution in [1.29, 1.82) is 0 Å². The van der Waals surface area contributed by atoms with E-state index in [4.69, 9.17) is 0 Å². The standard InChI is InChI=1S/C40H74O/c1-3-5-7-9-11-13-15-17-19-21-23-25-27-29-34-38-40(41,39-35-31-30-32-36-39)37-33-28-26-24-22-20-18-16-14-12-10-8-6-4-2/h30-32,35-36,41H,3-29,33-34,37-38H2,1-2H3. The molecule has 1 unspecified atom stereocenters. The Labute approximate surface area is 259 Å². The average molecular weight is 571 g/mol. The smallest absolute Gasteiger partial charge is 0.0896 e. The molecule has 0 heterocycles. The van der Waals surface area contributed by atoms with Gasteiger partial charge in [-0.3, -0.25) is 0 Å². The zero-order valence-corrected chi connectivity index (χ0v) is 28.3. The number of rotatable bonds is 32. The van der Waals surface area contributed by atoms with E-state index in [9.17, 15) is 5.11 Å². The largest absolute Gasteiger partial charge is 0.385 e. The molecule has 0 fully saturated rings. The van der Waals surface area contributed by atoms with Gasteiger partial charge in [-0.05, 0) is 18.4 Å². The van der Waals surface area contributed by atoms with Gasteiger partial charge >= 0.3 is 0 Å². The maximum Gasteiger partial charge on any atom is 0.0896 e. The van der Waals surface area contributed by atoms with E-state index in [2.05, 4.69) is 44.2 Å². The Kier molecular flexibility index (Phi) is 27.3. The number of aliphatic hydroxyl groups is 1. The van der Waals surface area contributed by atoms with Crippen LogP contribution in [-0.4, -0.2) is 5.11 Å². The van der Waals surface area contributed by atoms with Crippen LogP contribution in [0.5, 0.6) is 0 Å². The third kappa shape index (κ3) is 23.3. The van der Waals surface area contributed by atoms with Crippen molar-refractivity contribution in [1.82, 2.24) is 0 Å². The highest BCUT2D eigenvalue weighted by Gasteiger charge is 2.27. The Hall–Kier alpha value is -0.820. The van der Waals surface area contributed by atoms with Gasteiger partial charge in [-0.1, -0.05) is 230 Å². The van der Waals surface area contributed by atoms with E-state index in [1.165, 1.54) is 173 Å². The molecule has 1 rings (SSSR count). The molecule has 240 valence electrons. The van der Waals surface area contributed by atoms with E-state index in [0.717, 1.165) is 31.2 Å². The summed E-state index contributed by atoms with van der Waals surface area (Å²) < 4.78 is 0. The lowest BCUT2D eigenvalue weighted by molar-refractivity contribution is 0.0132. The second kappa shape index (κ2) is 29.3. The molecule has 1 N–H and O–H groups in total. The molecule has 1 aromatic rings. The highest BCUT2D eigenvalue weighted by atomic mass is 16.3. The molecule has 41 heavy (non-hydrogen) atoms. The molecule has 0 bridgehead atoms. The number of unbranched alkanes of at least 4 members (excludes halogenated alkanes) is 27. The SMILES string of the molecule is CCCCCCCCCCCCCCCCCC(O)(CCCCCCCCCCCCCCCC)c1ccccc1. The van der Waals surface area contributed by atoms with Gasteiger partial charge in [-0.2, -0.15) is 0 Å². The van der Waals surface area contributed by atoms with Gasteiger partial charge < -0.3 is 5.11 Å². The first-order valence-corrected chi connectivity index (χ1v) is 19.0. The van der Waals surface area contributed by atoms with Crippen LogP contribution in [0.4, 0.5) is 0 Å². The van der Waals surface area contributed by atoms with Crippen LogP contribution < -0.4 is 0 Å². The number of hydrogen-bond acceptors (Lipinski definition) is 1. The Morgan fingerprint density at radius 3 is 0.878 bits per heavy atom. The van der Waals surface area contributed by atoms with Crippen molar-refractivity contribution in [2.75, 3.05) is 0 Å². The second-order valence-corrected chi connectivity index (χ2v) is 13.4. The zero-order valence-electron chi connectivity index (χ0n) is 28.3. The summed E-state index contributed by atoms with van der Waals surface area (Å²) in [7, 11) is 0. The third-order valence-electron chi connectivity index (χ3n) is 9.45. The van der Waals surface area contributed by atoms with Gasteiger partial charge in [0.1, 0.15) is 0 Å². The summed E-state index contributed by atoms with van der Waals surface area (Å²) in [6, 6.07) is 10.6. The fourth-order valence-corrected chi connectivity index (χ4v) is 6.56. The summed E-state index contributed by atoms with van der Waals surface area (Å²) in [5.74, 6) is 0. The molecule has 0 radical (unpaired) electrons. The van der Waals surface area contributed by atoms with Crippen LogP contribution in [0.3, 0.4) is 0 Å². The topological polar surface area (TPSA) is 20.2 Å². The van der Waals surface area contributed by atoms with Crippen LogP contribution >= 0.6 is 0 Å². The fourth-order valence-electron chi connectivity index (χ4n) is 6.56. The van der Waals surface area contributed by atoms with Crippen molar-refractivity contribution in [3.8, 4) is 0 Å². The Bertz CT molecular complexity index is 625. The molecule has 0 aromatic heterocycles. The third-order valence-corrected chi connectivity index (χ3v) is 9.45. The Morgan fingerprint density at radius 2 is 0.610 bits per heavy atom. The van der Waals surface area contributed by atoms with Crippen molar-refractivity contribution in [2.24, 2.45) is 0 Å². The minimum atomic E-state index is -0.630. The van der Waals surface area contributed by atoms with Crippen molar-refractivity contribution in [3.63, 3.8) is 0 Å². The molecule has 0 spiro atoms. The fraction of sp³-hybridized carbons (Fsp3) is 0.850. The highest BCUT2D eigenvalue weighted by molar-refractivity contribution is 5.22. The van der Waals surface area contributed by atoms with E-state index in [-0.39, 0.29) is 0 Å². The first-order chi connectivity index (χ1) is 20.2. The van der Waals surface area contributed by atoms with Crippen LogP contribution in [-0.2, 0) is 5.60 Å². The Balaban J connectivity index is 2.06. The summed E-state index contributed by atoms with van der Waals surface area (Å²) in [4.78, 5) is 0. The monoisotopic (exact) mass is 571 g/mol. The van der Waals surface area contributed by atoms with Gasteiger partial charge in [0.05, 0.1) is 5.60 Å². The Morgan fingerprint density at radius 1 is 0.366 bits per heavy atom. The summed E-state index contributed by atoms with van der Waals surface area (Å²) in [6.07, 6.45) is 42.1. The molecule has 1 heteroatoms. The maximum absolute atomic E-state index is 11.7. The van der Waals surface area contributed by atoms with Crippen LogP contribution in [0.15, 0.2) is 30.3 Å². The first kappa shape index (κ1) is 38.2. The lowest BCUT2D eigenvalue weighted by Crippen LogP contribution is -2.25. The minimum absolute atomic E-state index is 0.630. The van der Waals surface area contributed by atoms with Crippen LogP contribution in [0, 0.1) is 0 Å². The maximum atomic E-state index is 11.7. The molecule has 0 saturated carbocycles. The van der Waals surface area contributed by atoms with E-state index in [1.807, 2.05) is 0 Å². The predicted octanol–water partition coefficient (Wildman–Crippen LogP) is 14.0. The van der Waals surface area contributed by atoms with Crippen LogP contribution in [0.25, 0.3) is 0 Å². The average Bonchev–Trinajstić information content (AvgIpc) is 2.99. The van der Waals surface area contributed by atoms with Gasteiger partial charge in [0, 0.05) is 0 Å². The molecule has 0 amide bonds. The van der Waals surface area contributed by atoms with Gasteiger partial charge in [-0.25, -0.2) is 0 Å². The lowest BCUT2D eigenvalue weighted by Gasteiger charge is -2.29. The predicted molar refractivity (Wildman–Crippen MR) is 185 cm³/mol. The molecule has 0 aliphatic heterocycles. The number of hydrogen-bond donors (Lipinski definition) is 1. The van der Waals surface area contributed by atoms with Gasteiger partial charge in [0.2, 0.25) is 0 Å². The minimum Gasteiger partial charge on any atom is -0.385 e. The van der Waals surface area contributed by atoms with E-state index >= 15 is 0 Å². The second-order valence-electron chi connectivity index (χ2n) is 13.4. The van der Waals surface area contributed by atoms with Crippen molar-refractivity contribution in [3.05, 3.63) is 35.9 Å². The van der Waals surface area contributed by atoms with Crippen LogP contribution in [0.2, 0.25) is 0 Å². The van der Waals surface area contributed by atoms with E-state index < -0.39 is 5.60 Å². The molecular weight excluding hydrogens is 496 g/mol. The first-order valence-electron chi connectivity index (χ1n) is 19.0. The summed E-state index contributed by atoms with van der Waals surface area (Å²) >= 11 is 0. The summed E-state index contributed by atoms with van der Waals surface area (Å²) in [5.41, 5.74) is 0.509. The van der Waals surface area contributed by atoms with Crippen molar-refractivity contribution >= 4 is 0 Å². The normalized spacial score (nSPS) is 13.0. The quantitative estimate of drug-likeness (QED) is 0.0854. The zero-order chi connectivity index (χ0) is 29.5. The molecule has 1 nitrogen and oxygen atoms in total. The van der Waals surface area contributed by atoms with Crippen molar-refractivity contribution < 1.29 is 5.11 Å². The summed E-state index contributed by atoms with van der Waals surface area (Å²) in [5, 5.41) is 11.7. The van der Waals surface area contributed by atoms with Gasteiger partial charge in [0.25, 0.3) is 0 Å². The van der Waals surface area contributed by atoms with E-state index in [0.29, 0.717) is 0 Å². The molecule has 0 aliphatic carbocycles. The number of benzene rings is 1. The van der Waals surface area contributed by atoms with Crippen LogP contribution in [0.1, 0.15) is 218 Å². The molecule has 0 saturated heterocycles.